The molecule has 0 aliphatic carbocycles. The lowest BCUT2D eigenvalue weighted by Crippen LogP contribution is -2.30. The van der Waals surface area contributed by atoms with Gasteiger partial charge in [0.05, 0.1) is 13.7 Å². The van der Waals surface area contributed by atoms with E-state index in [0.29, 0.717) is 37.5 Å². The van der Waals surface area contributed by atoms with Gasteiger partial charge < -0.3 is 14.2 Å². The van der Waals surface area contributed by atoms with Crippen molar-refractivity contribution in [2.45, 2.75) is 25.8 Å². The fraction of sp³-hybridized carbons (Fsp3) is 0.200. The number of ether oxygens (including phenoxy) is 1. The van der Waals surface area contributed by atoms with Gasteiger partial charge in [-0.25, -0.2) is 0 Å². The van der Waals surface area contributed by atoms with E-state index in [2.05, 4.69) is 15.1 Å². The molecule has 0 bridgehead atoms. The van der Waals surface area contributed by atoms with Crippen LogP contribution in [0.25, 0.3) is 11.4 Å². The maximum absolute atomic E-state index is 13.1. The summed E-state index contributed by atoms with van der Waals surface area (Å²) in [6.45, 7) is 0.506. The van der Waals surface area contributed by atoms with Gasteiger partial charge in [-0.3, -0.25) is 9.78 Å². The number of aryl methyl sites for hydroxylation is 1. The minimum absolute atomic E-state index is 0.0370. The lowest BCUT2D eigenvalue weighted by Gasteiger charge is -2.23. The Bertz CT molecular complexity index is 1130. The van der Waals surface area contributed by atoms with Crippen molar-refractivity contribution in [3.05, 3.63) is 90.6 Å². The second kappa shape index (κ2) is 10.3. The first kappa shape index (κ1) is 21.2. The molecule has 0 saturated heterocycles. The summed E-state index contributed by atoms with van der Waals surface area (Å²) >= 11 is 0. The van der Waals surface area contributed by atoms with Gasteiger partial charge in [0.25, 0.3) is 0 Å². The third-order valence-electron chi connectivity index (χ3n) is 5.06. The summed E-state index contributed by atoms with van der Waals surface area (Å²) in [5.41, 5.74) is 2.75. The number of aromatic nitrogens is 3. The molecule has 0 unspecified atom stereocenters. The molecule has 7 heteroatoms. The average Bonchev–Trinajstić information content (AvgIpc) is 3.32. The fourth-order valence-corrected chi connectivity index (χ4v) is 3.35. The molecule has 0 saturated carbocycles. The highest BCUT2D eigenvalue weighted by Gasteiger charge is 2.17. The molecule has 2 aromatic heterocycles. The maximum Gasteiger partial charge on any atom is 0.227 e. The van der Waals surface area contributed by atoms with Crippen LogP contribution < -0.4 is 9.64 Å². The van der Waals surface area contributed by atoms with Crippen molar-refractivity contribution in [3.63, 3.8) is 0 Å². The number of anilines is 1. The van der Waals surface area contributed by atoms with Crippen LogP contribution in [0.4, 0.5) is 5.69 Å². The topological polar surface area (TPSA) is 81.4 Å². The van der Waals surface area contributed by atoms with Crippen molar-refractivity contribution < 1.29 is 14.1 Å². The van der Waals surface area contributed by atoms with Crippen LogP contribution in [0.2, 0.25) is 0 Å². The Morgan fingerprint density at radius 1 is 1.00 bits per heavy atom. The largest absolute Gasteiger partial charge is 0.497 e. The minimum Gasteiger partial charge on any atom is -0.497 e. The molecule has 0 aliphatic heterocycles. The van der Waals surface area contributed by atoms with Crippen molar-refractivity contribution in [1.29, 1.82) is 0 Å². The molecule has 2 heterocycles. The average molecular weight is 428 g/mol. The van der Waals surface area contributed by atoms with Crippen LogP contribution in [0.15, 0.2) is 83.6 Å². The summed E-state index contributed by atoms with van der Waals surface area (Å²) in [6.07, 6.45) is 4.90. The zero-order valence-electron chi connectivity index (χ0n) is 17.8. The zero-order valence-corrected chi connectivity index (χ0v) is 17.8. The number of carbonyl (C=O) groups is 1. The van der Waals surface area contributed by atoms with Gasteiger partial charge in [-0.15, -0.1) is 0 Å². The quantitative estimate of drug-likeness (QED) is 0.384. The van der Waals surface area contributed by atoms with Gasteiger partial charge in [-0.05, 0) is 48.4 Å². The van der Waals surface area contributed by atoms with Gasteiger partial charge in [0.2, 0.25) is 17.6 Å². The van der Waals surface area contributed by atoms with Gasteiger partial charge >= 0.3 is 0 Å². The first-order valence-corrected chi connectivity index (χ1v) is 10.4. The summed E-state index contributed by atoms with van der Waals surface area (Å²) in [7, 11) is 1.62. The smallest absolute Gasteiger partial charge is 0.227 e. The normalized spacial score (nSPS) is 10.7. The predicted octanol–water partition coefficient (Wildman–Crippen LogP) is 4.70. The SMILES string of the molecule is COc1ccc(-c2noc(CCCC(=O)N(Cc3ccccc3)c3ccncc3)n2)cc1. The Kier molecular flexibility index (Phi) is 6.87. The number of amides is 1. The molecule has 0 aliphatic rings. The molecule has 0 radical (unpaired) electrons. The number of carbonyl (C=O) groups excluding carboxylic acids is 1. The Hall–Kier alpha value is -4.00. The number of nitrogens with zero attached hydrogens (tertiary/aromatic N) is 4. The predicted molar refractivity (Wildman–Crippen MR) is 121 cm³/mol. The first-order chi connectivity index (χ1) is 15.7. The highest BCUT2D eigenvalue weighted by Crippen LogP contribution is 2.21. The highest BCUT2D eigenvalue weighted by molar-refractivity contribution is 5.93. The third kappa shape index (κ3) is 5.37. The van der Waals surface area contributed by atoms with Crippen molar-refractivity contribution in [3.8, 4) is 17.1 Å². The van der Waals surface area contributed by atoms with Crippen molar-refractivity contribution in [2.24, 2.45) is 0 Å². The van der Waals surface area contributed by atoms with Crippen LogP contribution >= 0.6 is 0 Å². The molecule has 4 rings (SSSR count). The van der Waals surface area contributed by atoms with Crippen LogP contribution in [-0.4, -0.2) is 28.1 Å². The molecule has 0 atom stereocenters. The first-order valence-electron chi connectivity index (χ1n) is 10.4. The van der Waals surface area contributed by atoms with Crippen LogP contribution in [0.1, 0.15) is 24.3 Å². The molecule has 0 N–H and O–H groups in total. The van der Waals surface area contributed by atoms with Gasteiger partial charge in [0.1, 0.15) is 5.75 Å². The van der Waals surface area contributed by atoms with Crippen LogP contribution in [-0.2, 0) is 17.8 Å². The van der Waals surface area contributed by atoms with E-state index in [9.17, 15) is 4.79 Å². The Balaban J connectivity index is 1.37. The number of hydrogen-bond acceptors (Lipinski definition) is 6. The van der Waals surface area contributed by atoms with E-state index < -0.39 is 0 Å². The van der Waals surface area contributed by atoms with Crippen molar-refractivity contribution >= 4 is 11.6 Å². The molecule has 1 amide bonds. The number of pyridine rings is 1. The summed E-state index contributed by atoms with van der Waals surface area (Å²) in [4.78, 5) is 23.3. The van der Waals surface area contributed by atoms with Crippen LogP contribution in [0.3, 0.4) is 0 Å². The fourth-order valence-electron chi connectivity index (χ4n) is 3.35. The number of benzene rings is 2. The number of rotatable bonds is 9. The van der Waals surface area contributed by atoms with Crippen molar-refractivity contribution in [2.75, 3.05) is 12.0 Å². The molecule has 0 spiro atoms. The molecule has 2 aromatic carbocycles. The second-order valence-corrected chi connectivity index (χ2v) is 7.26. The highest BCUT2D eigenvalue weighted by atomic mass is 16.5. The van der Waals surface area contributed by atoms with Crippen LogP contribution in [0.5, 0.6) is 5.75 Å². The molecular weight excluding hydrogens is 404 g/mol. The second-order valence-electron chi connectivity index (χ2n) is 7.26. The van der Waals surface area contributed by atoms with E-state index in [4.69, 9.17) is 9.26 Å². The molecule has 7 nitrogen and oxygen atoms in total. The molecule has 0 fully saturated rings. The standard InChI is InChI=1S/C25H24N4O3/c1-31-22-12-10-20(11-13-22)25-27-23(32-28-25)8-5-9-24(30)29(21-14-16-26-17-15-21)18-19-6-3-2-4-7-19/h2-4,6-7,10-17H,5,8-9,18H2,1H3. The third-order valence-corrected chi connectivity index (χ3v) is 5.06. The Morgan fingerprint density at radius 3 is 2.47 bits per heavy atom. The Morgan fingerprint density at radius 2 is 1.75 bits per heavy atom. The zero-order chi connectivity index (χ0) is 22.2. The monoisotopic (exact) mass is 428 g/mol. The Labute approximate surface area is 186 Å². The van der Waals surface area contributed by atoms with E-state index in [1.807, 2.05) is 66.7 Å². The summed E-state index contributed by atoms with van der Waals surface area (Å²) in [6, 6.07) is 21.1. The summed E-state index contributed by atoms with van der Waals surface area (Å²) in [5, 5.41) is 4.05. The molecule has 4 aromatic rings. The van der Waals surface area contributed by atoms with Gasteiger partial charge in [0.15, 0.2) is 0 Å². The minimum atomic E-state index is 0.0370. The van der Waals surface area contributed by atoms with Gasteiger partial charge in [-0.2, -0.15) is 4.98 Å². The van der Waals surface area contributed by atoms with E-state index in [1.54, 1.807) is 24.4 Å². The molecule has 32 heavy (non-hydrogen) atoms. The molecule has 162 valence electrons. The summed E-state index contributed by atoms with van der Waals surface area (Å²) < 4.78 is 10.5. The lowest BCUT2D eigenvalue weighted by atomic mass is 10.1. The van der Waals surface area contributed by atoms with E-state index in [1.165, 1.54) is 0 Å². The number of hydrogen-bond donors (Lipinski definition) is 0. The molecular formula is C25H24N4O3. The van der Waals surface area contributed by atoms with E-state index in [0.717, 1.165) is 22.6 Å². The van der Waals surface area contributed by atoms with Gasteiger partial charge in [-0.1, -0.05) is 35.5 Å². The maximum atomic E-state index is 13.1. The van der Waals surface area contributed by atoms with Crippen LogP contribution in [0, 0.1) is 0 Å². The van der Waals surface area contributed by atoms with E-state index in [-0.39, 0.29) is 5.91 Å². The van der Waals surface area contributed by atoms with E-state index >= 15 is 0 Å². The van der Waals surface area contributed by atoms with Gasteiger partial charge in [0, 0.05) is 36.5 Å². The number of methoxy groups -OCH3 is 1. The van der Waals surface area contributed by atoms with Crippen molar-refractivity contribution in [1.82, 2.24) is 15.1 Å². The summed E-state index contributed by atoms with van der Waals surface area (Å²) in [5.74, 6) is 1.85. The lowest BCUT2D eigenvalue weighted by molar-refractivity contribution is -0.118.